The van der Waals surface area contributed by atoms with Crippen molar-refractivity contribution in [2.75, 3.05) is 26.4 Å². The zero-order chi connectivity index (χ0) is 17.6. The molecule has 0 radical (unpaired) electrons. The van der Waals surface area contributed by atoms with Gasteiger partial charge in [-0.25, -0.2) is 4.57 Å². The predicted octanol–water partition coefficient (Wildman–Crippen LogP) is -0.892. The van der Waals surface area contributed by atoms with Gasteiger partial charge in [0.1, 0.15) is 0 Å². The van der Waals surface area contributed by atoms with Gasteiger partial charge in [0, 0.05) is 18.4 Å². The number of hydrogen-bond donors (Lipinski definition) is 7. The Balaban J connectivity index is 0. The van der Waals surface area contributed by atoms with E-state index in [4.69, 9.17) is 34.6 Å². The molecule has 1 aliphatic rings. The monoisotopic (exact) mass is 345 g/mol. The Morgan fingerprint density at radius 3 is 1.82 bits per heavy atom. The van der Waals surface area contributed by atoms with Gasteiger partial charge in [0.05, 0.1) is 19.8 Å². The maximum absolute atomic E-state index is 10.6. The second-order valence-corrected chi connectivity index (χ2v) is 6.03. The van der Waals surface area contributed by atoms with Gasteiger partial charge in [0.2, 0.25) is 5.91 Å². The lowest BCUT2D eigenvalue weighted by Crippen LogP contribution is -2.32. The molecule has 9 nitrogen and oxygen atoms in total. The van der Waals surface area contributed by atoms with Crippen molar-refractivity contribution in [1.29, 1.82) is 0 Å². The molecular weight excluding hydrogens is 317 g/mol. The molecule has 1 fully saturated rings. The van der Waals surface area contributed by atoms with Crippen LogP contribution in [0.15, 0.2) is 0 Å². The number of aliphatic hydroxyl groups excluding tert-OH is 3. The van der Waals surface area contributed by atoms with E-state index in [1.54, 1.807) is 0 Å². The summed E-state index contributed by atoms with van der Waals surface area (Å²) in [6.45, 7) is 2.24. The van der Waals surface area contributed by atoms with Crippen LogP contribution in [0.4, 0.5) is 0 Å². The first-order chi connectivity index (χ1) is 10.1. The van der Waals surface area contributed by atoms with Crippen LogP contribution in [0.25, 0.3) is 0 Å². The molecule has 1 rings (SSSR count). The molecule has 1 heterocycles. The molecule has 0 aromatic heterocycles. The third kappa shape index (κ3) is 15.8. The fourth-order valence-electron chi connectivity index (χ4n) is 1.39. The highest BCUT2D eigenvalue weighted by molar-refractivity contribution is 7.45. The second-order valence-electron chi connectivity index (χ2n) is 5.00. The van der Waals surface area contributed by atoms with Gasteiger partial charge in [-0.1, -0.05) is 13.3 Å². The maximum Gasteiger partial charge on any atom is 0.466 e. The summed E-state index contributed by atoms with van der Waals surface area (Å²) >= 11 is 0. The highest BCUT2D eigenvalue weighted by Crippen LogP contribution is 2.25. The normalized spacial score (nSPS) is 15.5. The Bertz CT molecular complexity index is 293. The Kier molecular flexibility index (Phi) is 14.0. The topological polar surface area (TPSA) is 168 Å². The maximum atomic E-state index is 10.6. The minimum atomic E-state index is -4.64. The number of nitrogens with one attached hydrogen (secondary N) is 1. The molecule has 0 spiro atoms. The van der Waals surface area contributed by atoms with Crippen LogP contribution in [0.2, 0.25) is 0 Å². The van der Waals surface area contributed by atoms with Gasteiger partial charge in [-0.2, -0.15) is 0 Å². The molecule has 7 N–H and O–H groups in total. The van der Waals surface area contributed by atoms with E-state index in [2.05, 4.69) is 5.32 Å². The quantitative estimate of drug-likeness (QED) is 0.322. The van der Waals surface area contributed by atoms with E-state index >= 15 is 0 Å². The minimum Gasteiger partial charge on any atom is -0.396 e. The number of aliphatic hydroxyl groups is 3. The summed E-state index contributed by atoms with van der Waals surface area (Å²) in [4.78, 5) is 32.1. The first kappa shape index (κ1) is 23.7. The van der Waals surface area contributed by atoms with E-state index in [1.165, 1.54) is 6.42 Å². The van der Waals surface area contributed by atoms with Gasteiger partial charge in [0.15, 0.2) is 0 Å². The van der Waals surface area contributed by atoms with Crippen LogP contribution in [0.5, 0.6) is 0 Å². The van der Waals surface area contributed by atoms with Crippen molar-refractivity contribution < 1.29 is 39.4 Å². The summed E-state index contributed by atoms with van der Waals surface area (Å²) in [5.41, 5.74) is -0.667. The zero-order valence-electron chi connectivity index (χ0n) is 12.8. The first-order valence-electron chi connectivity index (χ1n) is 7.01. The van der Waals surface area contributed by atoms with Gasteiger partial charge in [0.25, 0.3) is 0 Å². The first-order valence-corrected chi connectivity index (χ1v) is 8.58. The van der Waals surface area contributed by atoms with E-state index in [0.29, 0.717) is 6.42 Å². The van der Waals surface area contributed by atoms with E-state index in [1.807, 2.05) is 6.92 Å². The van der Waals surface area contributed by atoms with Crippen molar-refractivity contribution in [3.63, 3.8) is 0 Å². The van der Waals surface area contributed by atoms with Crippen LogP contribution >= 0.6 is 7.82 Å². The molecule has 0 bridgehead atoms. The van der Waals surface area contributed by atoms with Crippen molar-refractivity contribution in [3.05, 3.63) is 0 Å². The van der Waals surface area contributed by atoms with E-state index in [-0.39, 0.29) is 25.7 Å². The van der Waals surface area contributed by atoms with E-state index in [9.17, 15) is 4.79 Å². The number of rotatable bonds is 4. The van der Waals surface area contributed by atoms with Crippen LogP contribution in [-0.2, 0) is 9.36 Å². The predicted molar refractivity (Wildman–Crippen MR) is 79.7 cm³/mol. The number of carbonyl (C=O) groups excluding carboxylic acids is 1. The molecule has 1 aliphatic heterocycles. The molecule has 134 valence electrons. The van der Waals surface area contributed by atoms with Crippen LogP contribution < -0.4 is 5.32 Å². The van der Waals surface area contributed by atoms with Crippen molar-refractivity contribution in [2.24, 2.45) is 5.41 Å². The molecule has 10 heteroatoms. The summed E-state index contributed by atoms with van der Waals surface area (Å²) in [7, 11) is -4.64. The second kappa shape index (κ2) is 13.0. The van der Waals surface area contributed by atoms with Crippen molar-refractivity contribution in [1.82, 2.24) is 5.32 Å². The van der Waals surface area contributed by atoms with Gasteiger partial charge in [-0.15, -0.1) is 0 Å². The fraction of sp³-hybridized carbons (Fsp3) is 0.917. The zero-order valence-corrected chi connectivity index (χ0v) is 13.7. The summed E-state index contributed by atoms with van der Waals surface area (Å²) < 4.78 is 8.88. The summed E-state index contributed by atoms with van der Waals surface area (Å²) in [6, 6.07) is 0. The van der Waals surface area contributed by atoms with E-state index < -0.39 is 13.2 Å². The molecule has 0 aromatic carbocycles. The molecule has 0 aromatic rings. The largest absolute Gasteiger partial charge is 0.466 e. The smallest absolute Gasteiger partial charge is 0.396 e. The van der Waals surface area contributed by atoms with Gasteiger partial charge in [-0.3, -0.25) is 4.79 Å². The minimum absolute atomic E-state index is 0.156. The fourth-order valence-corrected chi connectivity index (χ4v) is 1.39. The summed E-state index contributed by atoms with van der Waals surface area (Å²) in [5, 5.41) is 28.8. The molecule has 1 amide bonds. The molecule has 0 atom stereocenters. The van der Waals surface area contributed by atoms with Gasteiger partial charge in [-0.05, 0) is 19.3 Å². The van der Waals surface area contributed by atoms with Gasteiger partial charge >= 0.3 is 7.82 Å². The average molecular weight is 345 g/mol. The van der Waals surface area contributed by atoms with Gasteiger partial charge < -0.3 is 35.3 Å². The van der Waals surface area contributed by atoms with Crippen molar-refractivity contribution in [3.8, 4) is 0 Å². The van der Waals surface area contributed by atoms with Crippen LogP contribution in [0.1, 0.15) is 39.0 Å². The lowest BCUT2D eigenvalue weighted by atomic mass is 9.88. The highest BCUT2D eigenvalue weighted by atomic mass is 31.2. The van der Waals surface area contributed by atoms with Crippen LogP contribution in [-0.4, -0.2) is 62.3 Å². The lowest BCUT2D eigenvalue weighted by molar-refractivity contribution is -0.120. The molecule has 0 aliphatic carbocycles. The third-order valence-corrected chi connectivity index (χ3v) is 3.16. The Morgan fingerprint density at radius 1 is 1.05 bits per heavy atom. The van der Waals surface area contributed by atoms with Crippen molar-refractivity contribution in [2.45, 2.75) is 39.0 Å². The number of hydrogen-bond acceptors (Lipinski definition) is 5. The number of carbonyl (C=O) groups is 1. The summed E-state index contributed by atoms with van der Waals surface area (Å²) in [6.07, 6.45) is 4.77. The average Bonchev–Trinajstić information content (AvgIpc) is 2.69. The standard InChI is InChI=1S/C6H11NO.C6H14O3.H3O4P/c8-6-4-2-1-3-5-7-6;1-2-6(3-7,4-8)5-9;1-5(2,3)4/h1-5H2,(H,7,8);7-9H,2-5H2,1H3;(H3,1,2,3,4). The van der Waals surface area contributed by atoms with Crippen molar-refractivity contribution >= 4 is 13.7 Å². The molecule has 0 unspecified atom stereocenters. The van der Waals surface area contributed by atoms with Crippen LogP contribution in [0, 0.1) is 5.41 Å². The Labute approximate surface area is 130 Å². The molecule has 1 saturated heterocycles. The Morgan fingerprint density at radius 2 is 1.50 bits per heavy atom. The molecule has 0 saturated carbocycles. The number of phosphoric acid groups is 1. The van der Waals surface area contributed by atoms with Crippen LogP contribution in [0.3, 0.4) is 0 Å². The van der Waals surface area contributed by atoms with E-state index in [0.717, 1.165) is 25.8 Å². The lowest BCUT2D eigenvalue weighted by Gasteiger charge is -2.24. The molecule has 22 heavy (non-hydrogen) atoms. The third-order valence-electron chi connectivity index (χ3n) is 3.16. The SMILES string of the molecule is CCC(CO)(CO)CO.O=C1CCCCCN1.O=P(O)(O)O. The Hall–Kier alpha value is -0.540. The summed E-state index contributed by atoms with van der Waals surface area (Å²) in [5.74, 6) is 0.225. The highest BCUT2D eigenvalue weighted by Gasteiger charge is 2.24. The number of amides is 1. The molecular formula is C12H28NO8P.